The highest BCUT2D eigenvalue weighted by Crippen LogP contribution is 2.11. The molecule has 0 radical (unpaired) electrons. The van der Waals surface area contributed by atoms with Gasteiger partial charge in [0.15, 0.2) is 0 Å². The molecule has 7 nitrogen and oxygen atoms in total. The maximum atomic E-state index is 12.3. The van der Waals surface area contributed by atoms with E-state index in [9.17, 15) is 9.59 Å². The van der Waals surface area contributed by atoms with E-state index in [2.05, 4.69) is 5.32 Å². The van der Waals surface area contributed by atoms with Crippen molar-refractivity contribution in [2.45, 2.75) is 13.2 Å². The molecule has 28 heavy (non-hydrogen) atoms. The van der Waals surface area contributed by atoms with Gasteiger partial charge in [-0.05, 0) is 23.3 Å². The number of hydrogen-bond acceptors (Lipinski definition) is 5. The van der Waals surface area contributed by atoms with E-state index in [0.717, 1.165) is 16.8 Å². The van der Waals surface area contributed by atoms with Gasteiger partial charge in [0.1, 0.15) is 6.61 Å². The first-order chi connectivity index (χ1) is 13.6. The number of carbonyl (C=O) groups excluding carboxylic acids is 2. The summed E-state index contributed by atoms with van der Waals surface area (Å²) >= 11 is 0. The van der Waals surface area contributed by atoms with Crippen LogP contribution in [-0.4, -0.2) is 54.5 Å². The van der Waals surface area contributed by atoms with E-state index in [4.69, 9.17) is 10.5 Å². The molecule has 3 N–H and O–H groups in total. The number of nitrogens with one attached hydrogen (secondary N) is 1. The molecule has 1 fully saturated rings. The molecule has 2 amide bonds. The van der Waals surface area contributed by atoms with Crippen molar-refractivity contribution in [1.29, 1.82) is 0 Å². The van der Waals surface area contributed by atoms with E-state index in [1.807, 2.05) is 59.5 Å². The number of nitrogens with two attached hydrogens (primary N) is 1. The number of piperazine rings is 1. The van der Waals surface area contributed by atoms with Crippen molar-refractivity contribution in [2.24, 2.45) is 5.73 Å². The summed E-state index contributed by atoms with van der Waals surface area (Å²) < 4.78 is 5.36. The topological polar surface area (TPSA) is 87.9 Å². The summed E-state index contributed by atoms with van der Waals surface area (Å²) in [5, 5.41) is 2.89. The van der Waals surface area contributed by atoms with Crippen LogP contribution in [0.15, 0.2) is 54.6 Å². The molecule has 1 aliphatic rings. The van der Waals surface area contributed by atoms with Gasteiger partial charge in [-0.2, -0.15) is 0 Å². The zero-order valence-corrected chi connectivity index (χ0v) is 15.8. The zero-order chi connectivity index (χ0) is 19.8. The molecule has 7 heteroatoms. The van der Waals surface area contributed by atoms with Crippen LogP contribution in [-0.2, 0) is 22.7 Å². The normalized spacial score (nSPS) is 14.5. The fraction of sp³-hybridized carbons (Fsp3) is 0.333. The van der Waals surface area contributed by atoms with Crippen molar-refractivity contribution in [3.05, 3.63) is 65.7 Å². The van der Waals surface area contributed by atoms with Gasteiger partial charge in [-0.25, -0.2) is 4.79 Å². The smallest absolute Gasteiger partial charge is 0.410 e. The number of ether oxygens (including phenoxy) is 1. The Hall–Kier alpha value is -2.90. The molecule has 0 spiro atoms. The molecular formula is C21H26N4O3. The van der Waals surface area contributed by atoms with E-state index in [1.54, 1.807) is 4.90 Å². The quantitative estimate of drug-likeness (QED) is 0.798. The molecule has 148 valence electrons. The van der Waals surface area contributed by atoms with Gasteiger partial charge in [-0.15, -0.1) is 0 Å². The lowest BCUT2D eigenvalue weighted by molar-refractivity contribution is -0.117. The van der Waals surface area contributed by atoms with Gasteiger partial charge in [0.25, 0.3) is 0 Å². The second-order valence-electron chi connectivity index (χ2n) is 6.76. The minimum absolute atomic E-state index is 0.0747. The van der Waals surface area contributed by atoms with E-state index < -0.39 is 0 Å². The second-order valence-corrected chi connectivity index (χ2v) is 6.76. The van der Waals surface area contributed by atoms with Gasteiger partial charge in [-0.3, -0.25) is 9.69 Å². The summed E-state index contributed by atoms with van der Waals surface area (Å²) in [5.74, 6) is -0.0747. The van der Waals surface area contributed by atoms with Crippen LogP contribution in [0.1, 0.15) is 11.1 Å². The summed E-state index contributed by atoms with van der Waals surface area (Å²) in [5.41, 5.74) is 8.31. The van der Waals surface area contributed by atoms with Crippen molar-refractivity contribution in [3.8, 4) is 0 Å². The van der Waals surface area contributed by atoms with Gasteiger partial charge in [0, 0.05) is 38.4 Å². The highest BCUT2D eigenvalue weighted by molar-refractivity contribution is 5.92. The second kappa shape index (κ2) is 9.87. The lowest BCUT2D eigenvalue weighted by Crippen LogP contribution is -2.50. The summed E-state index contributed by atoms with van der Waals surface area (Å²) in [4.78, 5) is 28.2. The van der Waals surface area contributed by atoms with E-state index >= 15 is 0 Å². The molecule has 2 aromatic carbocycles. The molecule has 1 aliphatic heterocycles. The molecule has 0 aliphatic carbocycles. The lowest BCUT2D eigenvalue weighted by atomic mass is 10.2. The fourth-order valence-corrected chi connectivity index (χ4v) is 3.08. The van der Waals surface area contributed by atoms with E-state index in [-0.39, 0.29) is 18.6 Å². The third-order valence-corrected chi connectivity index (χ3v) is 4.65. The van der Waals surface area contributed by atoms with Crippen LogP contribution in [0.4, 0.5) is 10.5 Å². The minimum atomic E-state index is -0.313. The van der Waals surface area contributed by atoms with Crippen molar-refractivity contribution in [2.75, 3.05) is 38.0 Å². The highest BCUT2D eigenvalue weighted by atomic mass is 16.6. The number of anilines is 1. The van der Waals surface area contributed by atoms with Crippen molar-refractivity contribution < 1.29 is 14.3 Å². The molecule has 0 atom stereocenters. The molecule has 3 rings (SSSR count). The first-order valence-corrected chi connectivity index (χ1v) is 9.41. The third kappa shape index (κ3) is 5.80. The Labute approximate surface area is 165 Å². The van der Waals surface area contributed by atoms with Crippen LogP contribution in [0.3, 0.4) is 0 Å². The number of rotatable bonds is 6. The Morgan fingerprint density at radius 1 is 0.964 bits per heavy atom. The summed E-state index contributed by atoms with van der Waals surface area (Å²) in [6, 6.07) is 17.1. The summed E-state index contributed by atoms with van der Waals surface area (Å²) in [6.07, 6.45) is -0.313. The van der Waals surface area contributed by atoms with Crippen LogP contribution in [0, 0.1) is 0 Å². The Kier molecular flexibility index (Phi) is 7.00. The number of benzene rings is 2. The predicted octanol–water partition coefficient (Wildman–Crippen LogP) is 2.04. The van der Waals surface area contributed by atoms with Crippen molar-refractivity contribution in [3.63, 3.8) is 0 Å². The Bertz CT molecular complexity index is 789. The molecular weight excluding hydrogens is 356 g/mol. The molecule has 2 aromatic rings. The van der Waals surface area contributed by atoms with Crippen molar-refractivity contribution in [1.82, 2.24) is 9.80 Å². The molecule has 1 heterocycles. The van der Waals surface area contributed by atoms with E-state index in [1.165, 1.54) is 0 Å². The monoisotopic (exact) mass is 382 g/mol. The molecule has 1 saturated heterocycles. The van der Waals surface area contributed by atoms with Crippen LogP contribution in [0.25, 0.3) is 0 Å². The maximum absolute atomic E-state index is 12.3. The van der Waals surface area contributed by atoms with Crippen LogP contribution < -0.4 is 11.1 Å². The maximum Gasteiger partial charge on any atom is 0.410 e. The van der Waals surface area contributed by atoms with Crippen LogP contribution in [0.5, 0.6) is 0 Å². The summed E-state index contributed by atoms with van der Waals surface area (Å²) in [6.45, 7) is 3.36. The lowest BCUT2D eigenvalue weighted by Gasteiger charge is -2.33. The molecule has 0 unspecified atom stereocenters. The largest absolute Gasteiger partial charge is 0.445 e. The SMILES string of the molecule is NCc1cccc(NC(=O)CN2CCN(C(=O)OCc3ccccc3)CC2)c1. The standard InChI is InChI=1S/C21H26N4O3/c22-14-18-7-4-8-19(13-18)23-20(26)15-24-9-11-25(12-10-24)21(27)28-16-17-5-2-1-3-6-17/h1-8,13H,9-12,14-16,22H2,(H,23,26). The van der Waals surface area contributed by atoms with Gasteiger partial charge in [-0.1, -0.05) is 42.5 Å². The average molecular weight is 382 g/mol. The first-order valence-electron chi connectivity index (χ1n) is 9.41. The number of carbonyl (C=O) groups is 2. The minimum Gasteiger partial charge on any atom is -0.445 e. The van der Waals surface area contributed by atoms with Crippen LogP contribution >= 0.6 is 0 Å². The van der Waals surface area contributed by atoms with Gasteiger partial charge in [0.2, 0.25) is 5.91 Å². The number of hydrogen-bond donors (Lipinski definition) is 2. The summed E-state index contributed by atoms with van der Waals surface area (Å²) in [7, 11) is 0. The zero-order valence-electron chi connectivity index (χ0n) is 15.8. The Morgan fingerprint density at radius 3 is 2.39 bits per heavy atom. The average Bonchev–Trinajstić information content (AvgIpc) is 2.73. The third-order valence-electron chi connectivity index (χ3n) is 4.65. The molecule has 0 aromatic heterocycles. The van der Waals surface area contributed by atoms with E-state index in [0.29, 0.717) is 39.3 Å². The first kappa shape index (κ1) is 19.9. The fourth-order valence-electron chi connectivity index (χ4n) is 3.08. The molecule has 0 saturated carbocycles. The molecule has 0 bridgehead atoms. The number of amides is 2. The van der Waals surface area contributed by atoms with Crippen LogP contribution in [0.2, 0.25) is 0 Å². The van der Waals surface area contributed by atoms with Crippen molar-refractivity contribution >= 4 is 17.7 Å². The number of nitrogens with zero attached hydrogens (tertiary/aromatic N) is 2. The predicted molar refractivity (Wildman–Crippen MR) is 108 cm³/mol. The van der Waals surface area contributed by atoms with Gasteiger partial charge >= 0.3 is 6.09 Å². The Morgan fingerprint density at radius 2 is 1.68 bits per heavy atom. The highest BCUT2D eigenvalue weighted by Gasteiger charge is 2.23. The van der Waals surface area contributed by atoms with Gasteiger partial charge < -0.3 is 20.7 Å². The Balaban J connectivity index is 1.39. The van der Waals surface area contributed by atoms with Gasteiger partial charge in [0.05, 0.1) is 6.54 Å².